The molecule has 27 heavy (non-hydrogen) atoms. The summed E-state index contributed by atoms with van der Waals surface area (Å²) in [6, 6.07) is 17.1. The third kappa shape index (κ3) is 6.81. The maximum atomic E-state index is 12.6. The quantitative estimate of drug-likeness (QED) is 0.376. The molecule has 0 aliphatic rings. The molecule has 4 nitrogen and oxygen atoms in total. The summed E-state index contributed by atoms with van der Waals surface area (Å²) >= 11 is 0. The zero-order valence-corrected chi connectivity index (χ0v) is 17.1. The van der Waals surface area contributed by atoms with Crippen LogP contribution in [-0.4, -0.2) is 18.2 Å². The smallest absolute Gasteiger partial charge is 0.338 e. The molecule has 0 saturated heterocycles. The first kappa shape index (κ1) is 21.1. The largest absolute Gasteiger partial charge is 0.451 e. The zero-order chi connectivity index (χ0) is 20.1. The van der Waals surface area contributed by atoms with Crippen LogP contribution >= 0.6 is 0 Å². The first-order chi connectivity index (χ1) is 12.6. The molecule has 0 spiro atoms. The predicted molar refractivity (Wildman–Crippen MR) is 107 cm³/mol. The molecule has 0 unspecified atom stereocenters. The Morgan fingerprint density at radius 2 is 1.48 bits per heavy atom. The summed E-state index contributed by atoms with van der Waals surface area (Å²) in [6.45, 7) is 12.2. The average Bonchev–Trinajstić information content (AvgIpc) is 2.60. The van der Waals surface area contributed by atoms with Gasteiger partial charge < -0.3 is 4.74 Å². The van der Waals surface area contributed by atoms with Crippen molar-refractivity contribution < 1.29 is 19.3 Å². The van der Waals surface area contributed by atoms with Crippen molar-refractivity contribution in [2.75, 3.05) is 6.61 Å². The fourth-order valence-electron chi connectivity index (χ4n) is 2.44. The molecule has 0 aromatic heterocycles. The zero-order valence-electron chi connectivity index (χ0n) is 17.1. The molecular weight excluding hydrogens is 340 g/mol. The number of esters is 1. The molecule has 0 N–H and O–H groups in total. The first-order valence-electron chi connectivity index (χ1n) is 9.23. The molecule has 0 heterocycles. The predicted octanol–water partition coefficient (Wildman–Crippen LogP) is 5.63. The summed E-state index contributed by atoms with van der Waals surface area (Å²) in [4.78, 5) is 23.3. The van der Waals surface area contributed by atoms with Gasteiger partial charge in [-0.1, -0.05) is 63.2 Å². The molecule has 4 heteroatoms. The van der Waals surface area contributed by atoms with Gasteiger partial charge in [-0.05, 0) is 49.4 Å². The lowest BCUT2D eigenvalue weighted by molar-refractivity contribution is -0.356. The summed E-state index contributed by atoms with van der Waals surface area (Å²) in [5.74, 6) is -0.385. The minimum Gasteiger partial charge on any atom is -0.451 e. The lowest BCUT2D eigenvalue weighted by Crippen LogP contribution is -2.23. The summed E-state index contributed by atoms with van der Waals surface area (Å²) in [5.41, 5.74) is 2.14. The number of carbonyl (C=O) groups is 1. The Balaban J connectivity index is 2.10. The number of hydrogen-bond donors (Lipinski definition) is 0. The molecule has 0 bridgehead atoms. The van der Waals surface area contributed by atoms with Gasteiger partial charge in [0, 0.05) is 0 Å². The molecule has 0 fully saturated rings. The Kier molecular flexibility index (Phi) is 6.79. The minimum absolute atomic E-state index is 0.0349. The molecule has 2 aromatic rings. The standard InChI is InChI=1S/C23H30O4/c1-22(2,3)19-14-12-18(13-15-19)21(24)26-20(16-25-27-23(4,5)6)17-10-8-7-9-11-17/h7-15,20H,16H2,1-6H3/t20-/m1/s1. The van der Waals surface area contributed by atoms with Crippen LogP contribution in [0.15, 0.2) is 54.6 Å². The Bertz CT molecular complexity index is 722. The minimum atomic E-state index is -0.552. The molecule has 2 rings (SSSR count). The van der Waals surface area contributed by atoms with E-state index >= 15 is 0 Å². The topological polar surface area (TPSA) is 44.8 Å². The molecule has 146 valence electrons. The first-order valence-corrected chi connectivity index (χ1v) is 9.23. The maximum absolute atomic E-state index is 12.6. The van der Waals surface area contributed by atoms with E-state index in [4.69, 9.17) is 14.5 Å². The van der Waals surface area contributed by atoms with E-state index in [-0.39, 0.29) is 18.0 Å². The van der Waals surface area contributed by atoms with Crippen LogP contribution in [0, 0.1) is 0 Å². The average molecular weight is 370 g/mol. The summed E-state index contributed by atoms with van der Waals surface area (Å²) in [6.07, 6.45) is -0.552. The highest BCUT2D eigenvalue weighted by Gasteiger charge is 2.21. The SMILES string of the molecule is CC(C)(C)OOC[C@@H](OC(=O)c1ccc(C(C)(C)C)cc1)c1ccccc1. The van der Waals surface area contributed by atoms with Crippen LogP contribution in [0.2, 0.25) is 0 Å². The van der Waals surface area contributed by atoms with E-state index in [0.717, 1.165) is 5.56 Å². The van der Waals surface area contributed by atoms with Gasteiger partial charge in [-0.15, -0.1) is 0 Å². The van der Waals surface area contributed by atoms with Gasteiger partial charge in [-0.2, -0.15) is 0 Å². The van der Waals surface area contributed by atoms with E-state index in [1.54, 1.807) is 12.1 Å². The van der Waals surface area contributed by atoms with Gasteiger partial charge in [0.15, 0.2) is 6.10 Å². The summed E-state index contributed by atoms with van der Waals surface area (Å²) in [7, 11) is 0. The molecular formula is C23H30O4. The molecule has 1 atom stereocenters. The van der Waals surface area contributed by atoms with E-state index < -0.39 is 11.7 Å². The Morgan fingerprint density at radius 1 is 0.889 bits per heavy atom. The van der Waals surface area contributed by atoms with Crippen molar-refractivity contribution in [3.63, 3.8) is 0 Å². The second-order valence-electron chi connectivity index (χ2n) is 8.61. The van der Waals surface area contributed by atoms with Crippen LogP contribution in [0.4, 0.5) is 0 Å². The Labute approximate surface area is 162 Å². The molecule has 0 aliphatic heterocycles. The molecule has 2 aromatic carbocycles. The normalized spacial score (nSPS) is 13.3. The van der Waals surface area contributed by atoms with Crippen LogP contribution in [-0.2, 0) is 19.9 Å². The highest BCUT2D eigenvalue weighted by molar-refractivity contribution is 5.89. The highest BCUT2D eigenvalue weighted by atomic mass is 17.2. The van der Waals surface area contributed by atoms with Crippen molar-refractivity contribution in [3.8, 4) is 0 Å². The van der Waals surface area contributed by atoms with E-state index in [9.17, 15) is 4.79 Å². The van der Waals surface area contributed by atoms with Crippen molar-refractivity contribution in [1.29, 1.82) is 0 Å². The van der Waals surface area contributed by atoms with Crippen LogP contribution in [0.5, 0.6) is 0 Å². The van der Waals surface area contributed by atoms with Crippen molar-refractivity contribution in [1.82, 2.24) is 0 Å². The van der Waals surface area contributed by atoms with Gasteiger partial charge in [0.25, 0.3) is 0 Å². The lowest BCUT2D eigenvalue weighted by atomic mass is 9.87. The van der Waals surface area contributed by atoms with Crippen molar-refractivity contribution in [2.24, 2.45) is 0 Å². The molecule has 0 aliphatic carbocycles. The van der Waals surface area contributed by atoms with Gasteiger partial charge in [0.1, 0.15) is 6.61 Å². The van der Waals surface area contributed by atoms with Crippen molar-refractivity contribution in [3.05, 3.63) is 71.3 Å². The number of ether oxygens (including phenoxy) is 1. The number of benzene rings is 2. The van der Waals surface area contributed by atoms with Gasteiger partial charge in [-0.25, -0.2) is 14.6 Å². The maximum Gasteiger partial charge on any atom is 0.338 e. The van der Waals surface area contributed by atoms with Gasteiger partial charge in [0.2, 0.25) is 0 Å². The third-order valence-corrected chi connectivity index (χ3v) is 3.94. The van der Waals surface area contributed by atoms with Crippen LogP contribution < -0.4 is 0 Å². The van der Waals surface area contributed by atoms with E-state index in [0.29, 0.717) is 5.56 Å². The van der Waals surface area contributed by atoms with E-state index in [1.807, 2.05) is 63.2 Å². The number of rotatable bonds is 6. The summed E-state index contributed by atoms with van der Waals surface area (Å²) < 4.78 is 5.72. The lowest BCUT2D eigenvalue weighted by Gasteiger charge is -2.22. The van der Waals surface area contributed by atoms with Gasteiger partial charge in [0.05, 0.1) is 11.2 Å². The van der Waals surface area contributed by atoms with E-state index in [2.05, 4.69) is 20.8 Å². The van der Waals surface area contributed by atoms with Crippen LogP contribution in [0.1, 0.15) is 69.1 Å². The highest BCUT2D eigenvalue weighted by Crippen LogP contribution is 2.24. The second-order valence-corrected chi connectivity index (χ2v) is 8.61. The monoisotopic (exact) mass is 370 g/mol. The Morgan fingerprint density at radius 3 is 2.00 bits per heavy atom. The van der Waals surface area contributed by atoms with E-state index in [1.165, 1.54) is 5.56 Å². The molecule has 0 radical (unpaired) electrons. The van der Waals surface area contributed by atoms with Crippen molar-refractivity contribution in [2.45, 2.75) is 58.7 Å². The third-order valence-electron chi connectivity index (χ3n) is 3.94. The fourth-order valence-corrected chi connectivity index (χ4v) is 2.44. The van der Waals surface area contributed by atoms with Crippen molar-refractivity contribution >= 4 is 5.97 Å². The van der Waals surface area contributed by atoms with Crippen LogP contribution in [0.25, 0.3) is 0 Å². The van der Waals surface area contributed by atoms with Crippen LogP contribution in [0.3, 0.4) is 0 Å². The van der Waals surface area contributed by atoms with Gasteiger partial charge >= 0.3 is 5.97 Å². The fraction of sp³-hybridized carbons (Fsp3) is 0.435. The number of carbonyl (C=O) groups excluding carboxylic acids is 1. The summed E-state index contributed by atoms with van der Waals surface area (Å²) in [5, 5.41) is 0. The Hall–Kier alpha value is -2.17. The second kappa shape index (κ2) is 8.68. The molecule has 0 saturated carbocycles. The number of hydrogen-bond acceptors (Lipinski definition) is 4. The molecule has 0 amide bonds. The van der Waals surface area contributed by atoms with Gasteiger partial charge in [-0.3, -0.25) is 0 Å².